The van der Waals surface area contributed by atoms with E-state index in [2.05, 4.69) is 15.8 Å². The topological polar surface area (TPSA) is 89.0 Å². The van der Waals surface area contributed by atoms with Crippen molar-refractivity contribution in [1.82, 2.24) is 10.7 Å². The Morgan fingerprint density at radius 1 is 1.07 bits per heavy atom. The zero-order valence-electron chi connectivity index (χ0n) is 15.0. The van der Waals surface area contributed by atoms with Gasteiger partial charge in [0.15, 0.2) is 11.5 Å². The molecule has 0 heterocycles. The van der Waals surface area contributed by atoms with Crippen molar-refractivity contribution in [2.24, 2.45) is 5.10 Å². The Bertz CT molecular complexity index is 839. The lowest BCUT2D eigenvalue weighted by molar-refractivity contribution is -0.139. The van der Waals surface area contributed by atoms with Crippen molar-refractivity contribution < 1.29 is 23.5 Å². The predicted molar refractivity (Wildman–Crippen MR) is 98.4 cm³/mol. The van der Waals surface area contributed by atoms with Crippen LogP contribution in [-0.4, -0.2) is 38.8 Å². The standard InChI is InChI=1S/C19H20FN3O4/c1-26-16-8-7-13(11-17(16)27-2)9-10-21-18(24)19(25)23-22-12-14-5-3-4-6-15(14)20/h3-8,11-12H,9-10H2,1-2H3,(H,21,24)(H,23,25). The number of hydrogen-bond acceptors (Lipinski definition) is 5. The molecule has 2 aromatic carbocycles. The third-order valence-corrected chi connectivity index (χ3v) is 3.63. The number of halogens is 1. The number of rotatable bonds is 7. The van der Waals surface area contributed by atoms with E-state index < -0.39 is 17.6 Å². The normalized spacial score (nSPS) is 10.5. The Hall–Kier alpha value is -3.42. The number of carbonyl (C=O) groups is 2. The minimum Gasteiger partial charge on any atom is -0.493 e. The molecule has 0 spiro atoms. The quantitative estimate of drug-likeness (QED) is 0.439. The molecule has 0 bridgehead atoms. The van der Waals surface area contributed by atoms with Crippen LogP contribution < -0.4 is 20.2 Å². The molecule has 2 aromatic rings. The lowest BCUT2D eigenvalue weighted by Crippen LogP contribution is -2.38. The van der Waals surface area contributed by atoms with Crippen molar-refractivity contribution in [2.75, 3.05) is 20.8 Å². The second-order valence-corrected chi connectivity index (χ2v) is 5.42. The van der Waals surface area contributed by atoms with Crippen molar-refractivity contribution in [3.05, 3.63) is 59.4 Å². The third kappa shape index (κ3) is 5.81. The summed E-state index contributed by atoms with van der Waals surface area (Å²) in [6, 6.07) is 11.3. The van der Waals surface area contributed by atoms with Gasteiger partial charge in [0.05, 0.1) is 20.4 Å². The average molecular weight is 373 g/mol. The van der Waals surface area contributed by atoms with Crippen LogP contribution >= 0.6 is 0 Å². The van der Waals surface area contributed by atoms with E-state index >= 15 is 0 Å². The monoisotopic (exact) mass is 373 g/mol. The first-order chi connectivity index (χ1) is 13.0. The van der Waals surface area contributed by atoms with Crippen LogP contribution in [0.4, 0.5) is 4.39 Å². The minimum absolute atomic E-state index is 0.201. The van der Waals surface area contributed by atoms with Crippen LogP contribution in [0.25, 0.3) is 0 Å². The van der Waals surface area contributed by atoms with Crippen molar-refractivity contribution in [3.63, 3.8) is 0 Å². The predicted octanol–water partition coefficient (Wildman–Crippen LogP) is 1.65. The highest BCUT2D eigenvalue weighted by molar-refractivity contribution is 6.35. The van der Waals surface area contributed by atoms with Crippen molar-refractivity contribution in [2.45, 2.75) is 6.42 Å². The number of ether oxygens (including phenoxy) is 2. The SMILES string of the molecule is COc1ccc(CCNC(=O)C(=O)NN=Cc2ccccc2F)cc1OC. The molecule has 0 aliphatic carbocycles. The van der Waals surface area contributed by atoms with Crippen LogP contribution in [0.3, 0.4) is 0 Å². The molecule has 2 amide bonds. The number of benzene rings is 2. The first-order valence-corrected chi connectivity index (χ1v) is 8.11. The van der Waals surface area contributed by atoms with Gasteiger partial charge >= 0.3 is 11.8 Å². The number of hydrogen-bond donors (Lipinski definition) is 2. The van der Waals surface area contributed by atoms with Gasteiger partial charge in [0, 0.05) is 12.1 Å². The minimum atomic E-state index is -0.935. The maximum Gasteiger partial charge on any atom is 0.329 e. The van der Waals surface area contributed by atoms with Crippen molar-refractivity contribution >= 4 is 18.0 Å². The van der Waals surface area contributed by atoms with Crippen molar-refractivity contribution in [3.8, 4) is 11.5 Å². The molecule has 0 atom stereocenters. The summed E-state index contributed by atoms with van der Waals surface area (Å²) in [6.07, 6.45) is 1.63. The van der Waals surface area contributed by atoms with Gasteiger partial charge in [-0.15, -0.1) is 0 Å². The Morgan fingerprint density at radius 3 is 2.52 bits per heavy atom. The van der Waals surface area contributed by atoms with E-state index in [1.807, 2.05) is 6.07 Å². The number of carbonyl (C=O) groups excluding carboxylic acids is 2. The zero-order valence-corrected chi connectivity index (χ0v) is 15.0. The molecule has 8 heteroatoms. The molecular weight excluding hydrogens is 353 g/mol. The van der Waals surface area contributed by atoms with Crippen LogP contribution in [0, 0.1) is 5.82 Å². The molecule has 0 saturated carbocycles. The van der Waals surface area contributed by atoms with Gasteiger partial charge in [0.2, 0.25) is 0 Å². The molecule has 0 radical (unpaired) electrons. The first kappa shape index (κ1) is 19.9. The van der Waals surface area contributed by atoms with Gasteiger partial charge < -0.3 is 14.8 Å². The molecule has 142 valence electrons. The molecule has 0 saturated heterocycles. The lowest BCUT2D eigenvalue weighted by atomic mass is 10.1. The molecule has 7 nitrogen and oxygen atoms in total. The zero-order chi connectivity index (χ0) is 19.6. The number of amides is 2. The fourth-order valence-corrected chi connectivity index (χ4v) is 2.23. The summed E-state index contributed by atoms with van der Waals surface area (Å²) >= 11 is 0. The fraction of sp³-hybridized carbons (Fsp3) is 0.211. The maximum absolute atomic E-state index is 13.4. The number of hydrazone groups is 1. The van der Waals surface area contributed by atoms with E-state index in [1.165, 1.54) is 25.3 Å². The summed E-state index contributed by atoms with van der Waals surface area (Å²) < 4.78 is 23.8. The highest BCUT2D eigenvalue weighted by atomic mass is 19.1. The van der Waals surface area contributed by atoms with Gasteiger partial charge in [0.25, 0.3) is 0 Å². The Balaban J connectivity index is 1.80. The van der Waals surface area contributed by atoms with E-state index in [4.69, 9.17) is 9.47 Å². The van der Waals surface area contributed by atoms with Crippen LogP contribution in [0.1, 0.15) is 11.1 Å². The lowest BCUT2D eigenvalue weighted by Gasteiger charge is -2.10. The van der Waals surface area contributed by atoms with Crippen molar-refractivity contribution in [1.29, 1.82) is 0 Å². The summed E-state index contributed by atoms with van der Waals surface area (Å²) in [6.45, 7) is 0.249. The highest BCUT2D eigenvalue weighted by Crippen LogP contribution is 2.27. The summed E-state index contributed by atoms with van der Waals surface area (Å²) in [7, 11) is 3.08. The summed E-state index contributed by atoms with van der Waals surface area (Å²) in [4.78, 5) is 23.4. The molecule has 0 unspecified atom stereocenters. The summed E-state index contributed by atoms with van der Waals surface area (Å²) in [5, 5.41) is 6.06. The van der Waals surface area contributed by atoms with E-state index in [9.17, 15) is 14.0 Å². The molecular formula is C19H20FN3O4. The third-order valence-electron chi connectivity index (χ3n) is 3.63. The van der Waals surface area contributed by atoms with E-state index in [-0.39, 0.29) is 12.1 Å². The number of nitrogens with one attached hydrogen (secondary N) is 2. The molecule has 27 heavy (non-hydrogen) atoms. The molecule has 2 N–H and O–H groups in total. The smallest absolute Gasteiger partial charge is 0.329 e. The van der Waals surface area contributed by atoms with Crippen LogP contribution in [0.15, 0.2) is 47.6 Å². The van der Waals surface area contributed by atoms with Gasteiger partial charge in [-0.1, -0.05) is 24.3 Å². The van der Waals surface area contributed by atoms with Gasteiger partial charge in [0.1, 0.15) is 5.82 Å². The fourth-order valence-electron chi connectivity index (χ4n) is 2.23. The number of methoxy groups -OCH3 is 2. The maximum atomic E-state index is 13.4. The van der Waals surface area contributed by atoms with E-state index in [0.29, 0.717) is 17.9 Å². The molecule has 0 fully saturated rings. The second-order valence-electron chi connectivity index (χ2n) is 5.42. The second kappa shape index (κ2) is 9.91. The summed E-state index contributed by atoms with van der Waals surface area (Å²) in [5.41, 5.74) is 3.16. The number of nitrogens with zero attached hydrogens (tertiary/aromatic N) is 1. The van der Waals surface area contributed by atoms with E-state index in [0.717, 1.165) is 11.8 Å². The molecule has 2 rings (SSSR count). The molecule has 0 aromatic heterocycles. The van der Waals surface area contributed by atoms with Crippen LogP contribution in [-0.2, 0) is 16.0 Å². The van der Waals surface area contributed by atoms with Gasteiger partial charge in [-0.3, -0.25) is 9.59 Å². The Morgan fingerprint density at radius 2 is 1.81 bits per heavy atom. The first-order valence-electron chi connectivity index (χ1n) is 8.11. The Labute approximate surface area is 156 Å². The summed E-state index contributed by atoms with van der Waals surface area (Å²) in [5.74, 6) is -1.05. The molecule has 0 aliphatic heterocycles. The van der Waals surface area contributed by atoms with Gasteiger partial charge in [-0.2, -0.15) is 5.10 Å². The van der Waals surface area contributed by atoms with Gasteiger partial charge in [-0.25, -0.2) is 9.82 Å². The largest absolute Gasteiger partial charge is 0.493 e. The van der Waals surface area contributed by atoms with Crippen LogP contribution in [0.5, 0.6) is 11.5 Å². The molecule has 0 aliphatic rings. The van der Waals surface area contributed by atoms with E-state index in [1.54, 1.807) is 25.3 Å². The highest BCUT2D eigenvalue weighted by Gasteiger charge is 2.12. The van der Waals surface area contributed by atoms with Crippen LogP contribution in [0.2, 0.25) is 0 Å². The Kier molecular flexibility index (Phi) is 7.30. The van der Waals surface area contributed by atoms with Gasteiger partial charge in [-0.05, 0) is 30.2 Å². The average Bonchev–Trinajstić information content (AvgIpc) is 2.69.